The summed E-state index contributed by atoms with van der Waals surface area (Å²) in [7, 11) is 4.11. The second-order valence-corrected chi connectivity index (χ2v) is 3.09. The monoisotopic (exact) mass is 168 g/mol. The van der Waals surface area contributed by atoms with Crippen LogP contribution in [0.4, 0.5) is 0 Å². The van der Waals surface area contributed by atoms with Crippen LogP contribution in [-0.2, 0) is 13.1 Å². The Labute approximate surface area is 73.0 Å². The highest BCUT2D eigenvalue weighted by Gasteiger charge is 1.98. The van der Waals surface area contributed by atoms with Gasteiger partial charge in [-0.25, -0.2) is 4.98 Å². The third kappa shape index (κ3) is 2.32. The first kappa shape index (κ1) is 9.22. The van der Waals surface area contributed by atoms with Gasteiger partial charge in [-0.2, -0.15) is 0 Å². The van der Waals surface area contributed by atoms with Crippen LogP contribution in [0, 0.1) is 0 Å². The molecule has 0 aliphatic carbocycles. The summed E-state index contributed by atoms with van der Waals surface area (Å²) in [5, 5.41) is 0. The van der Waals surface area contributed by atoms with E-state index in [2.05, 4.69) is 28.5 Å². The molecular formula is C8H16N4. The first-order chi connectivity index (χ1) is 5.74. The van der Waals surface area contributed by atoms with Crippen molar-refractivity contribution < 1.29 is 0 Å². The maximum absolute atomic E-state index is 5.53. The van der Waals surface area contributed by atoms with Crippen LogP contribution in [0.3, 0.4) is 0 Å². The zero-order valence-corrected chi connectivity index (χ0v) is 7.70. The minimum Gasteiger partial charge on any atom is -0.332 e. The quantitative estimate of drug-likeness (QED) is 0.683. The third-order valence-corrected chi connectivity index (χ3v) is 1.80. The summed E-state index contributed by atoms with van der Waals surface area (Å²) in [5.74, 6) is 0. The van der Waals surface area contributed by atoms with Crippen molar-refractivity contribution >= 4 is 0 Å². The highest BCUT2D eigenvalue weighted by molar-refractivity contribution is 4.96. The van der Waals surface area contributed by atoms with E-state index in [4.69, 9.17) is 5.73 Å². The van der Waals surface area contributed by atoms with Gasteiger partial charge in [-0.15, -0.1) is 0 Å². The molecule has 0 saturated heterocycles. The van der Waals surface area contributed by atoms with Crippen LogP contribution in [0.5, 0.6) is 0 Å². The van der Waals surface area contributed by atoms with Crippen LogP contribution in [0.15, 0.2) is 12.5 Å². The van der Waals surface area contributed by atoms with Crippen LogP contribution in [0.2, 0.25) is 0 Å². The average molecular weight is 168 g/mol. The summed E-state index contributed by atoms with van der Waals surface area (Å²) in [4.78, 5) is 6.17. The predicted molar refractivity (Wildman–Crippen MR) is 48.7 cm³/mol. The van der Waals surface area contributed by atoms with Gasteiger partial charge in [0.25, 0.3) is 0 Å². The van der Waals surface area contributed by atoms with Crippen molar-refractivity contribution in [3.63, 3.8) is 0 Å². The van der Waals surface area contributed by atoms with Crippen LogP contribution < -0.4 is 5.73 Å². The molecule has 0 aromatic carbocycles. The van der Waals surface area contributed by atoms with Crippen LogP contribution in [-0.4, -0.2) is 35.1 Å². The lowest BCUT2D eigenvalue weighted by Gasteiger charge is -2.11. The van der Waals surface area contributed by atoms with Gasteiger partial charge in [-0.05, 0) is 14.1 Å². The molecule has 0 atom stereocenters. The highest BCUT2D eigenvalue weighted by atomic mass is 15.1. The Morgan fingerprint density at radius 1 is 1.58 bits per heavy atom. The van der Waals surface area contributed by atoms with E-state index in [1.54, 1.807) is 0 Å². The number of nitrogens with zero attached hydrogens (tertiary/aromatic N) is 3. The minimum absolute atomic E-state index is 0.563. The summed E-state index contributed by atoms with van der Waals surface area (Å²) >= 11 is 0. The van der Waals surface area contributed by atoms with Crippen molar-refractivity contribution in [1.29, 1.82) is 0 Å². The van der Waals surface area contributed by atoms with Crippen molar-refractivity contribution in [2.75, 3.05) is 20.6 Å². The van der Waals surface area contributed by atoms with Crippen molar-refractivity contribution in [1.82, 2.24) is 14.5 Å². The molecule has 0 fully saturated rings. The molecule has 1 heterocycles. The zero-order chi connectivity index (χ0) is 8.97. The largest absolute Gasteiger partial charge is 0.332 e. The molecule has 4 heteroatoms. The third-order valence-electron chi connectivity index (χ3n) is 1.80. The average Bonchev–Trinajstić information content (AvgIpc) is 2.47. The van der Waals surface area contributed by atoms with E-state index in [0.29, 0.717) is 6.54 Å². The molecule has 1 aromatic rings. The summed E-state index contributed by atoms with van der Waals surface area (Å²) < 4.78 is 2.08. The number of rotatable bonds is 4. The Hall–Kier alpha value is -0.870. The molecule has 2 N–H and O–H groups in total. The molecule has 0 amide bonds. The molecule has 0 spiro atoms. The standard InChI is InChI=1S/C8H16N4/c1-11(2)3-4-12-7-10-6-8(12)5-9/h6-7H,3-5,9H2,1-2H3. The molecule has 68 valence electrons. The number of imidazole rings is 1. The van der Waals surface area contributed by atoms with Gasteiger partial charge < -0.3 is 15.2 Å². The number of likely N-dealkylation sites (N-methyl/N-ethyl adjacent to an activating group) is 1. The summed E-state index contributed by atoms with van der Waals surface area (Å²) in [5.41, 5.74) is 6.62. The van der Waals surface area contributed by atoms with Gasteiger partial charge in [-0.1, -0.05) is 0 Å². The van der Waals surface area contributed by atoms with Gasteiger partial charge >= 0.3 is 0 Å². The first-order valence-electron chi connectivity index (χ1n) is 4.08. The minimum atomic E-state index is 0.563. The van der Waals surface area contributed by atoms with Gasteiger partial charge in [0.1, 0.15) is 0 Å². The molecule has 0 bridgehead atoms. The normalized spacial score (nSPS) is 11.0. The molecule has 12 heavy (non-hydrogen) atoms. The van der Waals surface area contributed by atoms with Gasteiger partial charge in [0.05, 0.1) is 12.0 Å². The number of hydrogen-bond acceptors (Lipinski definition) is 3. The van der Waals surface area contributed by atoms with E-state index in [1.807, 2.05) is 12.5 Å². The second-order valence-electron chi connectivity index (χ2n) is 3.09. The lowest BCUT2D eigenvalue weighted by molar-refractivity contribution is 0.381. The molecule has 0 aliphatic heterocycles. The van der Waals surface area contributed by atoms with Crippen molar-refractivity contribution in [2.45, 2.75) is 13.1 Å². The molecular weight excluding hydrogens is 152 g/mol. The molecule has 1 rings (SSSR count). The Kier molecular flexibility index (Phi) is 3.25. The Bertz CT molecular complexity index is 229. The maximum atomic E-state index is 5.53. The lowest BCUT2D eigenvalue weighted by Crippen LogP contribution is -2.19. The fourth-order valence-electron chi connectivity index (χ4n) is 1.03. The predicted octanol–water partition coefficient (Wildman–Crippen LogP) is -0.0966. The number of nitrogens with two attached hydrogens (primary N) is 1. The first-order valence-corrected chi connectivity index (χ1v) is 4.08. The maximum Gasteiger partial charge on any atom is 0.0949 e. The van der Waals surface area contributed by atoms with E-state index in [9.17, 15) is 0 Å². The number of aromatic nitrogens is 2. The van der Waals surface area contributed by atoms with E-state index < -0.39 is 0 Å². The summed E-state index contributed by atoms with van der Waals surface area (Å²) in [6.45, 7) is 2.54. The molecule has 0 aliphatic rings. The van der Waals surface area contributed by atoms with Gasteiger partial charge in [0.2, 0.25) is 0 Å². The molecule has 1 aromatic heterocycles. The van der Waals surface area contributed by atoms with Gasteiger partial charge in [-0.3, -0.25) is 0 Å². The van der Waals surface area contributed by atoms with Crippen molar-refractivity contribution in [3.8, 4) is 0 Å². The topological polar surface area (TPSA) is 47.1 Å². The summed E-state index contributed by atoms with van der Waals surface area (Å²) in [6, 6.07) is 0. The molecule has 0 saturated carbocycles. The van der Waals surface area contributed by atoms with Crippen LogP contribution >= 0.6 is 0 Å². The van der Waals surface area contributed by atoms with Gasteiger partial charge in [0, 0.05) is 25.8 Å². The fraction of sp³-hybridized carbons (Fsp3) is 0.625. The zero-order valence-electron chi connectivity index (χ0n) is 7.70. The fourth-order valence-corrected chi connectivity index (χ4v) is 1.03. The Morgan fingerprint density at radius 3 is 2.92 bits per heavy atom. The second kappa shape index (κ2) is 4.23. The summed E-state index contributed by atoms with van der Waals surface area (Å²) in [6.07, 6.45) is 3.64. The van der Waals surface area contributed by atoms with Crippen LogP contribution in [0.1, 0.15) is 5.69 Å². The smallest absolute Gasteiger partial charge is 0.0949 e. The van der Waals surface area contributed by atoms with Crippen molar-refractivity contribution in [2.24, 2.45) is 5.73 Å². The SMILES string of the molecule is CN(C)CCn1cncc1CN. The Morgan fingerprint density at radius 2 is 2.33 bits per heavy atom. The van der Waals surface area contributed by atoms with E-state index in [-0.39, 0.29) is 0 Å². The lowest BCUT2D eigenvalue weighted by atomic mass is 10.4. The number of hydrogen-bond donors (Lipinski definition) is 1. The molecule has 0 unspecified atom stereocenters. The van der Waals surface area contributed by atoms with Gasteiger partial charge in [0.15, 0.2) is 0 Å². The Balaban J connectivity index is 2.50. The van der Waals surface area contributed by atoms with E-state index in [1.165, 1.54) is 0 Å². The molecule has 0 radical (unpaired) electrons. The molecule has 4 nitrogen and oxygen atoms in total. The van der Waals surface area contributed by atoms with Crippen LogP contribution in [0.25, 0.3) is 0 Å². The van der Waals surface area contributed by atoms with E-state index >= 15 is 0 Å². The van der Waals surface area contributed by atoms with Crippen molar-refractivity contribution in [3.05, 3.63) is 18.2 Å². The highest BCUT2D eigenvalue weighted by Crippen LogP contribution is 1.97. The van der Waals surface area contributed by atoms with E-state index in [0.717, 1.165) is 18.8 Å².